The number of benzene rings is 1. The van der Waals surface area contributed by atoms with Crippen molar-refractivity contribution in [2.45, 2.75) is 0 Å². The van der Waals surface area contributed by atoms with Gasteiger partial charge in [-0.15, -0.1) is 11.3 Å². The number of thiophene rings is 1. The van der Waals surface area contributed by atoms with Gasteiger partial charge >= 0.3 is 7.69 Å². The fraction of sp³-hybridized carbons (Fsp3) is 0. The highest BCUT2D eigenvalue weighted by Gasteiger charge is 2.03. The van der Waals surface area contributed by atoms with Crippen molar-refractivity contribution < 1.29 is 9.68 Å². The van der Waals surface area contributed by atoms with Crippen LogP contribution in [0.4, 0.5) is 0 Å². The third-order valence-corrected chi connectivity index (χ3v) is 2.54. The van der Waals surface area contributed by atoms with Crippen LogP contribution in [-0.4, -0.2) is 12.7 Å². The predicted octanol–water partition coefficient (Wildman–Crippen LogP) is 1.81. The highest BCUT2D eigenvalue weighted by atomic mass is 32.1. The number of fused-ring (bicyclic) bond motifs is 1. The smallest absolute Gasteiger partial charge is 0.529 e. The van der Waals surface area contributed by atoms with Crippen molar-refractivity contribution in [3.8, 4) is 5.06 Å². The third-order valence-electron chi connectivity index (χ3n) is 1.63. The van der Waals surface area contributed by atoms with Gasteiger partial charge in [0.1, 0.15) is 0 Å². The Morgan fingerprint density at radius 3 is 3.00 bits per heavy atom. The molecule has 0 fully saturated rings. The Labute approximate surface area is 74.7 Å². The van der Waals surface area contributed by atoms with Gasteiger partial charge in [0, 0.05) is 10.8 Å². The summed E-state index contributed by atoms with van der Waals surface area (Å²) in [7, 11) is 0.707. The molecule has 2 rings (SSSR count). The van der Waals surface area contributed by atoms with Crippen molar-refractivity contribution in [2.75, 3.05) is 0 Å². The second-order valence-corrected chi connectivity index (χ2v) is 3.18. The van der Waals surface area contributed by atoms with E-state index in [1.807, 2.05) is 29.6 Å². The Bertz CT molecular complexity index is 385. The fourth-order valence-corrected chi connectivity index (χ4v) is 1.96. The van der Waals surface area contributed by atoms with E-state index < -0.39 is 0 Å². The number of hydrogen-bond donors (Lipinski definition) is 1. The van der Waals surface area contributed by atoms with Gasteiger partial charge in [-0.25, -0.2) is 0 Å². The van der Waals surface area contributed by atoms with Crippen LogP contribution < -0.4 is 4.65 Å². The fourth-order valence-electron chi connectivity index (χ4n) is 1.11. The molecule has 0 spiro atoms. The minimum atomic E-state index is 0.707. The molecule has 1 aromatic heterocycles. The van der Waals surface area contributed by atoms with E-state index >= 15 is 0 Å². The highest BCUT2D eigenvalue weighted by Crippen LogP contribution is 2.32. The normalized spacial score (nSPS) is 10.1. The molecule has 0 unspecified atom stereocenters. The van der Waals surface area contributed by atoms with Crippen LogP contribution in [0.1, 0.15) is 0 Å². The second kappa shape index (κ2) is 3.17. The molecular formula is C8H6BO2S. The molecule has 0 aliphatic rings. The average molecular weight is 177 g/mol. The van der Waals surface area contributed by atoms with Gasteiger partial charge in [0.25, 0.3) is 0 Å². The van der Waals surface area contributed by atoms with Crippen molar-refractivity contribution in [1.82, 2.24) is 0 Å². The first kappa shape index (κ1) is 7.64. The van der Waals surface area contributed by atoms with Gasteiger partial charge in [-0.3, -0.25) is 0 Å². The Kier molecular flexibility index (Phi) is 2.02. The maximum absolute atomic E-state index is 8.46. The van der Waals surface area contributed by atoms with E-state index in [1.165, 1.54) is 11.3 Å². The van der Waals surface area contributed by atoms with Crippen LogP contribution in [0.5, 0.6) is 5.06 Å². The van der Waals surface area contributed by atoms with E-state index in [2.05, 4.69) is 0 Å². The van der Waals surface area contributed by atoms with Crippen LogP contribution in [0.25, 0.3) is 10.8 Å². The first-order chi connectivity index (χ1) is 5.92. The molecule has 0 atom stereocenters. The molecule has 0 saturated heterocycles. The molecule has 1 radical (unpaired) electrons. The molecule has 0 bridgehead atoms. The first-order valence-electron chi connectivity index (χ1n) is 3.50. The lowest BCUT2D eigenvalue weighted by atomic mass is 10.2. The van der Waals surface area contributed by atoms with Crippen LogP contribution in [0.15, 0.2) is 29.6 Å². The maximum Gasteiger partial charge on any atom is 0.569 e. The summed E-state index contributed by atoms with van der Waals surface area (Å²) in [6, 6.07) is 7.89. The SMILES string of the molecule is O[B]Oc1scc2ccccc12. The molecule has 0 aliphatic heterocycles. The lowest BCUT2D eigenvalue weighted by molar-refractivity contribution is 0.463. The molecule has 0 saturated carbocycles. The third kappa shape index (κ3) is 1.19. The van der Waals surface area contributed by atoms with Crippen LogP contribution >= 0.6 is 11.3 Å². The van der Waals surface area contributed by atoms with Crippen molar-refractivity contribution in [3.63, 3.8) is 0 Å². The van der Waals surface area contributed by atoms with Gasteiger partial charge in [-0.05, 0) is 11.5 Å². The average Bonchev–Trinajstić information content (AvgIpc) is 2.50. The van der Waals surface area contributed by atoms with Crippen LogP contribution in [-0.2, 0) is 0 Å². The van der Waals surface area contributed by atoms with Crippen LogP contribution in [0.2, 0.25) is 0 Å². The molecule has 1 aromatic carbocycles. The standard InChI is InChI=1S/C8H6BO2S/c10-9-11-8-7-4-2-1-3-6(7)5-12-8/h1-5,10H. The van der Waals surface area contributed by atoms with Crippen molar-refractivity contribution in [3.05, 3.63) is 29.6 Å². The van der Waals surface area contributed by atoms with E-state index in [0.717, 1.165) is 15.8 Å². The van der Waals surface area contributed by atoms with Crippen LogP contribution in [0, 0.1) is 0 Å². The molecule has 2 nitrogen and oxygen atoms in total. The summed E-state index contributed by atoms with van der Waals surface area (Å²) in [4.78, 5) is 0. The van der Waals surface area contributed by atoms with Gasteiger partial charge in [-0.1, -0.05) is 18.2 Å². The summed E-state index contributed by atoms with van der Waals surface area (Å²) >= 11 is 1.47. The molecule has 0 amide bonds. The van der Waals surface area contributed by atoms with E-state index in [0.29, 0.717) is 7.69 Å². The molecule has 4 heteroatoms. The minimum Gasteiger partial charge on any atom is -0.529 e. The molecular weight excluding hydrogens is 171 g/mol. The summed E-state index contributed by atoms with van der Waals surface area (Å²) in [6.07, 6.45) is 0. The Balaban J connectivity index is 2.55. The van der Waals surface area contributed by atoms with Gasteiger partial charge in [0.15, 0.2) is 5.06 Å². The summed E-state index contributed by atoms with van der Waals surface area (Å²) < 4.78 is 4.91. The molecule has 12 heavy (non-hydrogen) atoms. The summed E-state index contributed by atoms with van der Waals surface area (Å²) in [5.41, 5.74) is 0. The Morgan fingerprint density at radius 1 is 1.33 bits per heavy atom. The molecule has 2 aromatic rings. The lowest BCUT2D eigenvalue weighted by Crippen LogP contribution is -1.97. The molecule has 1 heterocycles. The van der Waals surface area contributed by atoms with Crippen molar-refractivity contribution in [2.24, 2.45) is 0 Å². The Morgan fingerprint density at radius 2 is 2.17 bits per heavy atom. The lowest BCUT2D eigenvalue weighted by Gasteiger charge is -1.96. The van der Waals surface area contributed by atoms with Gasteiger partial charge < -0.3 is 9.68 Å². The number of hydrogen-bond acceptors (Lipinski definition) is 3. The van der Waals surface area contributed by atoms with E-state index in [1.54, 1.807) is 0 Å². The van der Waals surface area contributed by atoms with Crippen molar-refractivity contribution >= 4 is 29.8 Å². The zero-order valence-electron chi connectivity index (χ0n) is 6.23. The van der Waals surface area contributed by atoms with E-state index in [4.69, 9.17) is 9.68 Å². The van der Waals surface area contributed by atoms with Crippen molar-refractivity contribution in [1.29, 1.82) is 0 Å². The van der Waals surface area contributed by atoms with Gasteiger partial charge in [-0.2, -0.15) is 0 Å². The van der Waals surface area contributed by atoms with Crippen LogP contribution in [0.3, 0.4) is 0 Å². The Hall–Kier alpha value is -0.995. The monoisotopic (exact) mass is 177 g/mol. The number of rotatable bonds is 2. The van der Waals surface area contributed by atoms with E-state index in [9.17, 15) is 0 Å². The minimum absolute atomic E-state index is 0.707. The maximum atomic E-state index is 8.46. The van der Waals surface area contributed by atoms with Gasteiger partial charge in [0.05, 0.1) is 0 Å². The van der Waals surface area contributed by atoms with Gasteiger partial charge in [0.2, 0.25) is 0 Å². The summed E-state index contributed by atoms with van der Waals surface area (Å²) in [5.74, 6) is 0. The molecule has 1 N–H and O–H groups in total. The summed E-state index contributed by atoms with van der Waals surface area (Å²) in [5, 5.41) is 13.4. The zero-order valence-corrected chi connectivity index (χ0v) is 7.04. The molecule has 0 aliphatic carbocycles. The second-order valence-electron chi connectivity index (χ2n) is 2.33. The largest absolute Gasteiger partial charge is 0.569 e. The predicted molar refractivity (Wildman–Crippen MR) is 50.4 cm³/mol. The zero-order chi connectivity index (χ0) is 8.39. The quantitative estimate of drug-likeness (QED) is 0.708. The molecule has 59 valence electrons. The first-order valence-corrected chi connectivity index (χ1v) is 4.38. The van der Waals surface area contributed by atoms with E-state index in [-0.39, 0.29) is 0 Å². The topological polar surface area (TPSA) is 29.5 Å². The highest BCUT2D eigenvalue weighted by molar-refractivity contribution is 7.13. The summed E-state index contributed by atoms with van der Waals surface area (Å²) in [6.45, 7) is 0.